The molecule has 1 aromatic rings. The van der Waals surface area contributed by atoms with Crippen molar-refractivity contribution in [3.05, 3.63) is 29.3 Å². The van der Waals surface area contributed by atoms with Gasteiger partial charge in [0, 0.05) is 11.0 Å². The van der Waals surface area contributed by atoms with Gasteiger partial charge >= 0.3 is 0 Å². The molecule has 106 valence electrons. The van der Waals surface area contributed by atoms with Crippen LogP contribution in [0, 0.1) is 24.2 Å². The molecule has 0 saturated heterocycles. The fourth-order valence-corrected chi connectivity index (χ4v) is 2.67. The number of benzene rings is 1. The van der Waals surface area contributed by atoms with E-state index in [9.17, 15) is 4.79 Å². The van der Waals surface area contributed by atoms with Crippen LogP contribution in [0.3, 0.4) is 0 Å². The molecule has 1 aromatic carbocycles. The fourth-order valence-electron chi connectivity index (χ4n) is 2.67. The Labute approximate surface area is 120 Å². The van der Waals surface area contributed by atoms with Crippen molar-refractivity contribution >= 4 is 11.6 Å². The van der Waals surface area contributed by atoms with E-state index < -0.39 is 0 Å². The van der Waals surface area contributed by atoms with E-state index in [-0.39, 0.29) is 11.3 Å². The average Bonchev–Trinajstić information content (AvgIpc) is 2.87. The number of carbonyl (C=O) groups excluding carboxylic acids is 1. The quantitative estimate of drug-likeness (QED) is 0.812. The molecule has 0 atom stereocenters. The molecular weight excluding hydrogens is 248 g/mol. The first-order valence-corrected chi connectivity index (χ1v) is 7.16. The van der Waals surface area contributed by atoms with E-state index in [4.69, 9.17) is 5.73 Å². The van der Waals surface area contributed by atoms with E-state index in [0.717, 1.165) is 42.5 Å². The molecule has 0 spiro atoms. The summed E-state index contributed by atoms with van der Waals surface area (Å²) in [7, 11) is 0. The highest BCUT2D eigenvalue weighted by molar-refractivity contribution is 5.96. The Morgan fingerprint density at radius 3 is 2.75 bits per heavy atom. The van der Waals surface area contributed by atoms with Crippen LogP contribution in [0.5, 0.6) is 0 Å². The lowest BCUT2D eigenvalue weighted by atomic mass is 9.87. The molecule has 0 radical (unpaired) electrons. The summed E-state index contributed by atoms with van der Waals surface area (Å²) >= 11 is 0. The van der Waals surface area contributed by atoms with Crippen molar-refractivity contribution in [2.75, 3.05) is 11.9 Å². The zero-order valence-electron chi connectivity index (χ0n) is 12.3. The lowest BCUT2D eigenvalue weighted by Crippen LogP contribution is -2.31. The van der Waals surface area contributed by atoms with Gasteiger partial charge in [0.05, 0.1) is 12.2 Å². The van der Waals surface area contributed by atoms with Crippen LogP contribution in [0.15, 0.2) is 18.2 Å². The predicted molar refractivity (Wildman–Crippen MR) is 82.3 cm³/mol. The first-order chi connectivity index (χ1) is 9.55. The Kier molecular flexibility index (Phi) is 4.46. The number of rotatable bonds is 2. The minimum absolute atomic E-state index is 0.106. The summed E-state index contributed by atoms with van der Waals surface area (Å²) in [5.74, 6) is 5.99. The smallest absolute Gasteiger partial charge is 0.230 e. The zero-order valence-corrected chi connectivity index (χ0v) is 12.3. The van der Waals surface area contributed by atoms with Gasteiger partial charge in [-0.1, -0.05) is 37.7 Å². The van der Waals surface area contributed by atoms with Crippen molar-refractivity contribution in [2.24, 2.45) is 11.1 Å². The molecular formula is C17H22N2O. The van der Waals surface area contributed by atoms with Crippen molar-refractivity contribution in [1.29, 1.82) is 0 Å². The molecule has 0 unspecified atom stereocenters. The second-order valence-electron chi connectivity index (χ2n) is 5.78. The molecule has 0 aliphatic heterocycles. The summed E-state index contributed by atoms with van der Waals surface area (Å²) < 4.78 is 0. The number of aryl methyl sites for hydroxylation is 1. The van der Waals surface area contributed by atoms with Crippen LogP contribution in [0.4, 0.5) is 5.69 Å². The second-order valence-corrected chi connectivity index (χ2v) is 5.78. The zero-order chi connectivity index (χ0) is 14.6. The van der Waals surface area contributed by atoms with E-state index in [1.807, 2.05) is 25.1 Å². The van der Waals surface area contributed by atoms with Gasteiger partial charge in [0.1, 0.15) is 0 Å². The standard InChI is InChI=1S/C17H22N2O/c1-13-7-8-15(14(12-13)6-5-11-18)19-16(20)17(2)9-3-4-10-17/h7-8,12H,3-4,9-11,18H2,1-2H3,(H,19,20). The Morgan fingerprint density at radius 1 is 1.40 bits per heavy atom. The van der Waals surface area contributed by atoms with Gasteiger partial charge in [-0.15, -0.1) is 0 Å². The van der Waals surface area contributed by atoms with E-state index in [1.54, 1.807) is 0 Å². The van der Waals surface area contributed by atoms with E-state index >= 15 is 0 Å². The molecule has 1 aliphatic rings. The largest absolute Gasteiger partial charge is 0.324 e. The number of nitrogens with two attached hydrogens (primary N) is 1. The van der Waals surface area contributed by atoms with Crippen molar-refractivity contribution in [3.63, 3.8) is 0 Å². The highest BCUT2D eigenvalue weighted by atomic mass is 16.2. The first kappa shape index (κ1) is 14.6. The molecule has 1 saturated carbocycles. The first-order valence-electron chi connectivity index (χ1n) is 7.16. The third-order valence-corrected chi connectivity index (χ3v) is 4.00. The average molecular weight is 270 g/mol. The fraction of sp³-hybridized carbons (Fsp3) is 0.471. The van der Waals surface area contributed by atoms with Gasteiger partial charge in [-0.2, -0.15) is 0 Å². The maximum atomic E-state index is 12.5. The number of nitrogens with one attached hydrogen (secondary N) is 1. The monoisotopic (exact) mass is 270 g/mol. The van der Waals surface area contributed by atoms with Crippen molar-refractivity contribution < 1.29 is 4.79 Å². The maximum Gasteiger partial charge on any atom is 0.230 e. The minimum Gasteiger partial charge on any atom is -0.324 e. The lowest BCUT2D eigenvalue weighted by molar-refractivity contribution is -0.124. The molecule has 0 heterocycles. The summed E-state index contributed by atoms with van der Waals surface area (Å²) in [5.41, 5.74) is 7.94. The predicted octanol–water partition coefficient (Wildman–Crippen LogP) is 2.82. The summed E-state index contributed by atoms with van der Waals surface area (Å²) in [6, 6.07) is 5.89. The van der Waals surface area contributed by atoms with Crippen LogP contribution in [0.25, 0.3) is 0 Å². The number of anilines is 1. The van der Waals surface area contributed by atoms with Gasteiger partial charge in [-0.3, -0.25) is 4.79 Å². The molecule has 0 aromatic heterocycles. The SMILES string of the molecule is Cc1ccc(NC(=O)C2(C)CCCC2)c(C#CCN)c1. The summed E-state index contributed by atoms with van der Waals surface area (Å²) in [6.07, 6.45) is 4.21. The van der Waals surface area contributed by atoms with Gasteiger partial charge in [0.2, 0.25) is 5.91 Å². The summed E-state index contributed by atoms with van der Waals surface area (Å²) in [4.78, 5) is 12.5. The Balaban J connectivity index is 2.22. The van der Waals surface area contributed by atoms with Crippen LogP contribution in [-0.4, -0.2) is 12.5 Å². The maximum absolute atomic E-state index is 12.5. The topological polar surface area (TPSA) is 55.1 Å². The third kappa shape index (κ3) is 3.20. The molecule has 3 N–H and O–H groups in total. The van der Waals surface area contributed by atoms with E-state index in [2.05, 4.69) is 24.1 Å². The molecule has 3 heteroatoms. The van der Waals surface area contributed by atoms with Crippen LogP contribution < -0.4 is 11.1 Å². The number of carbonyl (C=O) groups is 1. The van der Waals surface area contributed by atoms with Gasteiger partial charge in [-0.05, 0) is 37.5 Å². The molecule has 3 nitrogen and oxygen atoms in total. The summed E-state index contributed by atoms with van der Waals surface area (Å²) in [6.45, 7) is 4.38. The van der Waals surface area contributed by atoms with Gasteiger partial charge in [0.15, 0.2) is 0 Å². The highest BCUT2D eigenvalue weighted by Gasteiger charge is 2.36. The number of amides is 1. The van der Waals surface area contributed by atoms with E-state index in [1.165, 1.54) is 0 Å². The molecule has 1 amide bonds. The minimum atomic E-state index is -0.233. The molecule has 0 bridgehead atoms. The lowest BCUT2D eigenvalue weighted by Gasteiger charge is -2.22. The van der Waals surface area contributed by atoms with Crippen molar-refractivity contribution in [2.45, 2.75) is 39.5 Å². The van der Waals surface area contributed by atoms with E-state index in [0.29, 0.717) is 6.54 Å². The van der Waals surface area contributed by atoms with Crippen molar-refractivity contribution in [3.8, 4) is 11.8 Å². The number of hydrogen-bond acceptors (Lipinski definition) is 2. The number of hydrogen-bond donors (Lipinski definition) is 2. The van der Waals surface area contributed by atoms with Gasteiger partial charge in [0.25, 0.3) is 0 Å². The Hall–Kier alpha value is -1.79. The molecule has 1 aliphatic carbocycles. The van der Waals surface area contributed by atoms with Crippen LogP contribution in [0.2, 0.25) is 0 Å². The van der Waals surface area contributed by atoms with Crippen LogP contribution in [-0.2, 0) is 4.79 Å². The molecule has 20 heavy (non-hydrogen) atoms. The normalized spacial score (nSPS) is 16.4. The van der Waals surface area contributed by atoms with Crippen LogP contribution >= 0.6 is 0 Å². The molecule has 2 rings (SSSR count). The van der Waals surface area contributed by atoms with Gasteiger partial charge in [-0.25, -0.2) is 0 Å². The van der Waals surface area contributed by atoms with Crippen LogP contribution in [0.1, 0.15) is 43.7 Å². The van der Waals surface area contributed by atoms with Crippen molar-refractivity contribution in [1.82, 2.24) is 0 Å². The molecule has 1 fully saturated rings. The Morgan fingerprint density at radius 2 is 2.10 bits per heavy atom. The third-order valence-electron chi connectivity index (χ3n) is 4.00. The second kappa shape index (κ2) is 6.11. The van der Waals surface area contributed by atoms with Gasteiger partial charge < -0.3 is 11.1 Å². The highest BCUT2D eigenvalue weighted by Crippen LogP contribution is 2.38. The Bertz CT molecular complexity index is 560. The summed E-state index contributed by atoms with van der Waals surface area (Å²) in [5, 5.41) is 3.05.